The highest BCUT2D eigenvalue weighted by Crippen LogP contribution is 2.31. The molecule has 0 unspecified atom stereocenters. The van der Waals surface area contributed by atoms with Gasteiger partial charge in [0.05, 0.1) is 0 Å². The van der Waals surface area contributed by atoms with Crippen molar-refractivity contribution in [3.63, 3.8) is 0 Å². The molecule has 0 spiro atoms. The van der Waals surface area contributed by atoms with E-state index in [1.54, 1.807) is 12.1 Å². The number of hydrogen-bond donors (Lipinski definition) is 0. The molecule has 5 heteroatoms. The van der Waals surface area contributed by atoms with E-state index in [1.807, 2.05) is 24.3 Å². The molecule has 3 aromatic carbocycles. The number of benzene rings is 3. The highest BCUT2D eigenvalue weighted by molar-refractivity contribution is 5.83. The normalized spacial score (nSPS) is 12.1. The summed E-state index contributed by atoms with van der Waals surface area (Å²) in [5, 5.41) is 0. The molecule has 0 bridgehead atoms. The van der Waals surface area contributed by atoms with Crippen molar-refractivity contribution in [2.45, 2.75) is 19.8 Å². The van der Waals surface area contributed by atoms with Crippen LogP contribution in [0, 0.1) is 17.5 Å². The van der Waals surface area contributed by atoms with E-state index in [0.717, 1.165) is 24.0 Å². The van der Waals surface area contributed by atoms with Gasteiger partial charge in [-0.1, -0.05) is 61.9 Å². The molecule has 0 saturated heterocycles. The summed E-state index contributed by atoms with van der Waals surface area (Å²) in [7, 11) is 0. The second-order valence-electron chi connectivity index (χ2n) is 6.41. The van der Waals surface area contributed by atoms with Crippen molar-refractivity contribution in [2.24, 2.45) is 0 Å². The summed E-state index contributed by atoms with van der Waals surface area (Å²) in [6.07, 6.45) is 2.03. The molecule has 0 N–H and O–H groups in total. The zero-order valence-electron chi connectivity index (χ0n) is 15.1. The molecule has 0 aliphatic rings. The molecule has 3 rings (SSSR count). The quantitative estimate of drug-likeness (QED) is 0.241. The standard InChI is InChI=1S/C23H17F5/c1-2-3-14-4-6-15(7-5-14)16-8-10-17(11-9-16)21(26)22(27)18-12-19(24)23(28)20(25)13-18/h4-13H,2-3H2,1H3. The lowest BCUT2D eigenvalue weighted by Gasteiger charge is -2.07. The van der Waals surface area contributed by atoms with E-state index < -0.39 is 34.7 Å². The third-order valence-electron chi connectivity index (χ3n) is 4.39. The van der Waals surface area contributed by atoms with Crippen molar-refractivity contribution in [1.29, 1.82) is 0 Å². The Bertz CT molecular complexity index is 979. The van der Waals surface area contributed by atoms with Crippen LogP contribution in [0.25, 0.3) is 22.8 Å². The van der Waals surface area contributed by atoms with Gasteiger partial charge in [0.25, 0.3) is 0 Å². The minimum Gasteiger partial charge on any atom is -0.204 e. The maximum Gasteiger partial charge on any atom is 0.194 e. The van der Waals surface area contributed by atoms with Gasteiger partial charge >= 0.3 is 0 Å². The van der Waals surface area contributed by atoms with E-state index in [-0.39, 0.29) is 5.56 Å². The molecule has 0 heterocycles. The maximum absolute atomic E-state index is 14.4. The first-order valence-corrected chi connectivity index (χ1v) is 8.80. The van der Waals surface area contributed by atoms with Gasteiger partial charge in [-0.15, -0.1) is 0 Å². The molecule has 0 aliphatic carbocycles. The summed E-state index contributed by atoms with van der Waals surface area (Å²) >= 11 is 0. The Morgan fingerprint density at radius 3 is 1.64 bits per heavy atom. The Kier molecular flexibility index (Phi) is 5.93. The van der Waals surface area contributed by atoms with Gasteiger partial charge in [-0.05, 0) is 35.2 Å². The van der Waals surface area contributed by atoms with Crippen LogP contribution in [0.4, 0.5) is 22.0 Å². The predicted octanol–water partition coefficient (Wildman–Crippen LogP) is 7.49. The van der Waals surface area contributed by atoms with E-state index in [1.165, 1.54) is 17.7 Å². The van der Waals surface area contributed by atoms with E-state index >= 15 is 0 Å². The van der Waals surface area contributed by atoms with Crippen LogP contribution < -0.4 is 0 Å². The molecule has 0 aromatic heterocycles. The molecule has 0 amide bonds. The smallest absolute Gasteiger partial charge is 0.194 e. The molecule has 144 valence electrons. The lowest BCUT2D eigenvalue weighted by Crippen LogP contribution is -1.94. The first-order chi connectivity index (χ1) is 13.4. The Balaban J connectivity index is 1.88. The van der Waals surface area contributed by atoms with Crippen molar-refractivity contribution >= 4 is 11.7 Å². The molecule has 0 aliphatic heterocycles. The third-order valence-corrected chi connectivity index (χ3v) is 4.39. The van der Waals surface area contributed by atoms with Crippen LogP contribution in [0.2, 0.25) is 0 Å². The van der Waals surface area contributed by atoms with Gasteiger partial charge in [-0.3, -0.25) is 0 Å². The summed E-state index contributed by atoms with van der Waals surface area (Å²) in [4.78, 5) is 0. The van der Waals surface area contributed by atoms with E-state index in [4.69, 9.17) is 0 Å². The van der Waals surface area contributed by atoms with Gasteiger partial charge in [-0.2, -0.15) is 0 Å². The molecule has 0 nitrogen and oxygen atoms in total. The summed E-state index contributed by atoms with van der Waals surface area (Å²) in [6, 6.07) is 14.8. The Morgan fingerprint density at radius 1 is 0.679 bits per heavy atom. The van der Waals surface area contributed by atoms with Gasteiger partial charge in [0.2, 0.25) is 0 Å². The van der Waals surface area contributed by atoms with Crippen LogP contribution in [-0.4, -0.2) is 0 Å². The molecule has 0 atom stereocenters. The number of aryl methyl sites for hydroxylation is 1. The van der Waals surface area contributed by atoms with E-state index in [0.29, 0.717) is 12.1 Å². The van der Waals surface area contributed by atoms with Gasteiger partial charge in [0, 0.05) is 11.1 Å². The highest BCUT2D eigenvalue weighted by atomic mass is 19.2. The summed E-state index contributed by atoms with van der Waals surface area (Å²) < 4.78 is 68.2. The molecule has 3 aromatic rings. The summed E-state index contributed by atoms with van der Waals surface area (Å²) in [5.74, 6) is -7.64. The van der Waals surface area contributed by atoms with Crippen molar-refractivity contribution in [2.75, 3.05) is 0 Å². The molecule has 28 heavy (non-hydrogen) atoms. The first kappa shape index (κ1) is 19.8. The zero-order valence-corrected chi connectivity index (χ0v) is 15.1. The topological polar surface area (TPSA) is 0 Å². The monoisotopic (exact) mass is 388 g/mol. The number of halogens is 5. The van der Waals surface area contributed by atoms with Gasteiger partial charge in [0.1, 0.15) is 0 Å². The number of rotatable bonds is 5. The molecule has 0 radical (unpaired) electrons. The summed E-state index contributed by atoms with van der Waals surface area (Å²) in [5.41, 5.74) is 2.17. The SMILES string of the molecule is CCCc1ccc(-c2ccc(C(F)=C(F)c3cc(F)c(F)c(F)c3)cc2)cc1. The lowest BCUT2D eigenvalue weighted by molar-refractivity contribution is 0.446. The minimum atomic E-state index is -1.73. The summed E-state index contributed by atoms with van der Waals surface area (Å²) in [6.45, 7) is 2.10. The second-order valence-corrected chi connectivity index (χ2v) is 6.41. The average molecular weight is 388 g/mol. The Hall–Kier alpha value is -2.95. The van der Waals surface area contributed by atoms with Crippen molar-refractivity contribution in [3.8, 4) is 11.1 Å². The van der Waals surface area contributed by atoms with Crippen LogP contribution in [0.15, 0.2) is 60.7 Å². The van der Waals surface area contributed by atoms with Gasteiger partial charge in [-0.25, -0.2) is 22.0 Å². The predicted molar refractivity (Wildman–Crippen MR) is 101 cm³/mol. The lowest BCUT2D eigenvalue weighted by atomic mass is 10.0. The minimum absolute atomic E-state index is 0.0889. The zero-order chi connectivity index (χ0) is 20.3. The van der Waals surface area contributed by atoms with Crippen molar-refractivity contribution < 1.29 is 22.0 Å². The fourth-order valence-electron chi connectivity index (χ4n) is 2.90. The number of hydrogen-bond acceptors (Lipinski definition) is 0. The Labute approximate surface area is 160 Å². The Morgan fingerprint density at radius 2 is 1.14 bits per heavy atom. The molecule has 0 saturated carbocycles. The van der Waals surface area contributed by atoms with E-state index in [2.05, 4.69) is 6.92 Å². The van der Waals surface area contributed by atoms with Crippen LogP contribution in [0.5, 0.6) is 0 Å². The molecular formula is C23H17F5. The largest absolute Gasteiger partial charge is 0.204 e. The fraction of sp³-hybridized carbons (Fsp3) is 0.130. The van der Waals surface area contributed by atoms with Gasteiger partial charge in [0.15, 0.2) is 29.1 Å². The second kappa shape index (κ2) is 8.38. The van der Waals surface area contributed by atoms with Crippen molar-refractivity contribution in [3.05, 3.63) is 94.8 Å². The third kappa shape index (κ3) is 4.14. The molecule has 0 fully saturated rings. The van der Waals surface area contributed by atoms with Crippen LogP contribution in [0.3, 0.4) is 0 Å². The van der Waals surface area contributed by atoms with Crippen LogP contribution in [-0.2, 0) is 6.42 Å². The molecular weight excluding hydrogens is 371 g/mol. The van der Waals surface area contributed by atoms with Crippen LogP contribution >= 0.6 is 0 Å². The maximum atomic E-state index is 14.4. The van der Waals surface area contributed by atoms with Crippen LogP contribution in [0.1, 0.15) is 30.0 Å². The highest BCUT2D eigenvalue weighted by Gasteiger charge is 2.17. The van der Waals surface area contributed by atoms with Crippen molar-refractivity contribution in [1.82, 2.24) is 0 Å². The van der Waals surface area contributed by atoms with E-state index in [9.17, 15) is 22.0 Å². The fourth-order valence-corrected chi connectivity index (χ4v) is 2.90. The van der Waals surface area contributed by atoms with Gasteiger partial charge < -0.3 is 0 Å². The average Bonchev–Trinajstić information content (AvgIpc) is 2.71. The first-order valence-electron chi connectivity index (χ1n) is 8.80.